The molecule has 0 radical (unpaired) electrons. The quantitative estimate of drug-likeness (QED) is 0.197. The van der Waals surface area contributed by atoms with Gasteiger partial charge in [-0.1, -0.05) is 123 Å². The predicted octanol–water partition coefficient (Wildman–Crippen LogP) is 11.4. The summed E-state index contributed by atoms with van der Waals surface area (Å²) in [6.45, 7) is 21.2. The van der Waals surface area contributed by atoms with Crippen LogP contribution in [0.15, 0.2) is 90.3 Å². The topological polar surface area (TPSA) is 16.1 Å². The Hall–Kier alpha value is -3.91. The summed E-state index contributed by atoms with van der Waals surface area (Å²) in [6, 6.07) is 27.6. The molecular weight excluding hydrogens is 532 g/mol. The number of hydrogen-bond acceptors (Lipinski definition) is 2. The molecule has 2 nitrogen and oxygen atoms in total. The van der Waals surface area contributed by atoms with Gasteiger partial charge in [0.15, 0.2) is 0 Å². The zero-order chi connectivity index (χ0) is 31.3. The highest BCUT2D eigenvalue weighted by molar-refractivity contribution is 5.98. The van der Waals surface area contributed by atoms with Gasteiger partial charge in [0.05, 0.1) is 11.2 Å². The van der Waals surface area contributed by atoms with E-state index in [-0.39, 0.29) is 16.7 Å². The molecule has 3 unspecified atom stereocenters. The van der Waals surface area contributed by atoms with E-state index in [0.717, 1.165) is 5.52 Å². The molecule has 0 N–H and O–H groups in total. The summed E-state index contributed by atoms with van der Waals surface area (Å²) in [6.07, 6.45) is 2.10. The summed E-state index contributed by atoms with van der Waals surface area (Å²) in [5, 5.41) is 4.01. The fourth-order valence-electron chi connectivity index (χ4n) is 8.20. The standard InChI is InChI=1S/C42H46N2/c1-24-31-18-17-29-20-30(41(4,5)6)23-43-38(29)40(31)44(10)39-26(3)37-33(25(2)36(24)39)22-35(42(7,8)9)32-19-16-28(21-34(32)37)27-14-12-11-13-15-27/h11-26H,1-10H3. The molecule has 0 amide bonds. The Bertz CT molecular complexity index is 1980. The lowest BCUT2D eigenvalue weighted by atomic mass is 9.66. The molecule has 1 aromatic heterocycles. The number of anilines is 1. The van der Waals surface area contributed by atoms with E-state index in [4.69, 9.17) is 4.98 Å². The molecule has 5 aromatic rings. The maximum atomic E-state index is 5.14. The largest absolute Gasteiger partial charge is 0.346 e. The number of likely N-dealkylation sites (N-methyl/N-ethyl adjacent to an activating group) is 1. The van der Waals surface area contributed by atoms with E-state index in [1.165, 1.54) is 66.5 Å². The van der Waals surface area contributed by atoms with Crippen molar-refractivity contribution in [1.29, 1.82) is 0 Å². The van der Waals surface area contributed by atoms with Crippen LogP contribution < -0.4 is 4.90 Å². The zero-order valence-corrected chi connectivity index (χ0v) is 28.1. The van der Waals surface area contributed by atoms with E-state index in [9.17, 15) is 0 Å². The fraction of sp³-hybridized carbons (Fsp3) is 0.357. The highest BCUT2D eigenvalue weighted by Crippen LogP contribution is 2.56. The van der Waals surface area contributed by atoms with Crippen molar-refractivity contribution in [3.05, 3.63) is 118 Å². The number of aromatic nitrogens is 1. The summed E-state index contributed by atoms with van der Waals surface area (Å²) < 4.78 is 0. The molecular formula is C42H46N2. The molecule has 44 heavy (non-hydrogen) atoms. The van der Waals surface area contributed by atoms with Crippen molar-refractivity contribution in [1.82, 2.24) is 4.98 Å². The second kappa shape index (κ2) is 9.80. The van der Waals surface area contributed by atoms with Crippen LogP contribution in [0, 0.1) is 0 Å². The molecule has 3 atom stereocenters. The van der Waals surface area contributed by atoms with Crippen molar-refractivity contribution < 1.29 is 0 Å². The van der Waals surface area contributed by atoms with Crippen LogP contribution in [0.25, 0.3) is 32.8 Å². The molecule has 0 saturated heterocycles. The number of nitrogens with zero attached hydrogens (tertiary/aromatic N) is 2. The fourth-order valence-corrected chi connectivity index (χ4v) is 8.20. The number of rotatable bonds is 1. The first-order valence-corrected chi connectivity index (χ1v) is 16.3. The maximum Gasteiger partial charge on any atom is 0.0941 e. The van der Waals surface area contributed by atoms with E-state index in [1.807, 2.05) is 0 Å². The lowest BCUT2D eigenvalue weighted by molar-refractivity contribution is 0.588. The lowest BCUT2D eigenvalue weighted by Crippen LogP contribution is -2.34. The average Bonchev–Trinajstić information content (AvgIpc) is 2.99. The highest BCUT2D eigenvalue weighted by Gasteiger charge is 2.41. The molecule has 7 rings (SSSR count). The van der Waals surface area contributed by atoms with Crippen molar-refractivity contribution in [3.63, 3.8) is 0 Å². The van der Waals surface area contributed by atoms with Gasteiger partial charge in [-0.3, -0.25) is 4.98 Å². The molecule has 2 aliphatic rings. The molecule has 0 spiro atoms. The van der Waals surface area contributed by atoms with E-state index in [2.05, 4.69) is 153 Å². The monoisotopic (exact) mass is 578 g/mol. The Kier molecular flexibility index (Phi) is 6.42. The molecule has 224 valence electrons. The number of fused-ring (bicyclic) bond motifs is 6. The van der Waals surface area contributed by atoms with E-state index < -0.39 is 0 Å². The smallest absolute Gasteiger partial charge is 0.0941 e. The Morgan fingerprint density at radius 2 is 1.36 bits per heavy atom. The third-order valence-corrected chi connectivity index (χ3v) is 10.6. The minimum Gasteiger partial charge on any atom is -0.346 e. The van der Waals surface area contributed by atoms with Gasteiger partial charge in [-0.2, -0.15) is 0 Å². The lowest BCUT2D eigenvalue weighted by Gasteiger charge is -2.46. The van der Waals surface area contributed by atoms with Gasteiger partial charge < -0.3 is 4.90 Å². The van der Waals surface area contributed by atoms with Crippen LogP contribution >= 0.6 is 0 Å². The molecule has 4 aromatic carbocycles. The van der Waals surface area contributed by atoms with Crippen LogP contribution in [0.5, 0.6) is 0 Å². The molecule has 0 fully saturated rings. The van der Waals surface area contributed by atoms with Gasteiger partial charge in [-0.25, -0.2) is 0 Å². The zero-order valence-electron chi connectivity index (χ0n) is 28.1. The average molecular weight is 579 g/mol. The number of pyridine rings is 1. The van der Waals surface area contributed by atoms with Gasteiger partial charge in [-0.05, 0) is 78.3 Å². The van der Waals surface area contributed by atoms with Gasteiger partial charge in [0, 0.05) is 42.1 Å². The molecule has 2 heterocycles. The summed E-state index contributed by atoms with van der Waals surface area (Å²) in [5.74, 6) is 0.891. The maximum absolute atomic E-state index is 5.14. The summed E-state index contributed by atoms with van der Waals surface area (Å²) >= 11 is 0. The first-order chi connectivity index (χ1) is 20.8. The van der Waals surface area contributed by atoms with Crippen LogP contribution in [-0.4, -0.2) is 12.0 Å². The van der Waals surface area contributed by atoms with Gasteiger partial charge in [0.1, 0.15) is 0 Å². The molecule has 2 heteroatoms. The van der Waals surface area contributed by atoms with Crippen LogP contribution in [-0.2, 0) is 10.8 Å². The number of benzene rings is 4. The first-order valence-electron chi connectivity index (χ1n) is 16.3. The molecule has 0 bridgehead atoms. The number of hydrogen-bond donors (Lipinski definition) is 0. The molecule has 0 saturated carbocycles. The minimum atomic E-state index is 0.0389. The Morgan fingerprint density at radius 3 is 2.05 bits per heavy atom. The van der Waals surface area contributed by atoms with Crippen LogP contribution in [0.3, 0.4) is 0 Å². The van der Waals surface area contributed by atoms with Gasteiger partial charge in [0.2, 0.25) is 0 Å². The normalized spacial score (nSPS) is 20.1. The second-order valence-corrected chi connectivity index (χ2v) is 15.4. The van der Waals surface area contributed by atoms with Crippen LogP contribution in [0.4, 0.5) is 5.69 Å². The van der Waals surface area contributed by atoms with Gasteiger partial charge in [0.25, 0.3) is 0 Å². The van der Waals surface area contributed by atoms with E-state index >= 15 is 0 Å². The first kappa shape index (κ1) is 28.8. The third-order valence-electron chi connectivity index (χ3n) is 10.6. The van der Waals surface area contributed by atoms with E-state index in [1.54, 1.807) is 5.57 Å². The molecule has 1 aliphatic heterocycles. The highest BCUT2D eigenvalue weighted by atomic mass is 15.1. The van der Waals surface area contributed by atoms with Crippen molar-refractivity contribution in [2.45, 2.75) is 90.9 Å². The second-order valence-electron chi connectivity index (χ2n) is 15.4. The van der Waals surface area contributed by atoms with Gasteiger partial charge in [-0.15, -0.1) is 0 Å². The summed E-state index contributed by atoms with van der Waals surface area (Å²) in [4.78, 5) is 7.65. The van der Waals surface area contributed by atoms with Crippen LogP contribution in [0.2, 0.25) is 0 Å². The van der Waals surface area contributed by atoms with Crippen molar-refractivity contribution >= 4 is 27.4 Å². The summed E-state index contributed by atoms with van der Waals surface area (Å²) in [5.41, 5.74) is 15.1. The predicted molar refractivity (Wildman–Crippen MR) is 189 cm³/mol. The van der Waals surface area contributed by atoms with Crippen molar-refractivity contribution in [2.24, 2.45) is 0 Å². The minimum absolute atomic E-state index is 0.0389. The van der Waals surface area contributed by atoms with Gasteiger partial charge >= 0.3 is 0 Å². The van der Waals surface area contributed by atoms with Crippen LogP contribution in [0.1, 0.15) is 108 Å². The Morgan fingerprint density at radius 1 is 0.659 bits per heavy atom. The Labute approximate surface area is 263 Å². The number of allylic oxidation sites excluding steroid dienone is 2. The van der Waals surface area contributed by atoms with Crippen molar-refractivity contribution in [3.8, 4) is 11.1 Å². The Balaban J connectivity index is 1.47. The third kappa shape index (κ3) is 4.25. The molecule has 1 aliphatic carbocycles. The summed E-state index contributed by atoms with van der Waals surface area (Å²) in [7, 11) is 2.29. The van der Waals surface area contributed by atoms with Crippen molar-refractivity contribution in [2.75, 3.05) is 11.9 Å². The SMILES string of the molecule is CC1C2=C(C(C)c3c1cc(C(C)(C)C)c1ccc(-c4ccccc4)cc31)N(C)c1c(ccc3cc(C(C)(C)C)cnc13)C2C. The van der Waals surface area contributed by atoms with E-state index in [0.29, 0.717) is 11.8 Å².